The number of nitrogens with one attached hydrogen (secondary N) is 2. The lowest BCUT2D eigenvalue weighted by Crippen LogP contribution is -2.35. The van der Waals surface area contributed by atoms with E-state index in [-0.39, 0.29) is 11.9 Å². The molecular weight excluding hydrogens is 268 g/mol. The number of hydrogen-bond donors (Lipinski definition) is 2. The number of ether oxygens (including phenoxy) is 1. The van der Waals surface area contributed by atoms with Gasteiger partial charge >= 0.3 is 0 Å². The Hall–Kier alpha value is -1.69. The standard InChI is InChI=1S/C15H22N4O2/c1-9(2)7-12-18-13-11(3-5-16-15(13)20)14(19-12)17-10-4-6-21-8-10/h9-10H,3-8H2,1-2H3,(H,16,20)(H,17,18,19). The molecule has 1 aromatic heterocycles. The smallest absolute Gasteiger partial charge is 0.270 e. The zero-order valence-electron chi connectivity index (χ0n) is 12.6. The van der Waals surface area contributed by atoms with Crippen LogP contribution >= 0.6 is 0 Å². The normalized spacial score (nSPS) is 21.3. The fourth-order valence-electron chi connectivity index (χ4n) is 2.76. The van der Waals surface area contributed by atoms with Crippen molar-refractivity contribution < 1.29 is 9.53 Å². The first-order valence-electron chi connectivity index (χ1n) is 7.65. The number of fused-ring (bicyclic) bond motifs is 1. The SMILES string of the molecule is CC(C)Cc1nc(NC2CCOC2)c2c(n1)C(=O)NCC2. The minimum absolute atomic E-state index is 0.0885. The molecule has 0 radical (unpaired) electrons. The first kappa shape index (κ1) is 14.3. The maximum atomic E-state index is 12.1. The van der Waals surface area contributed by atoms with Gasteiger partial charge in [0, 0.05) is 25.1 Å². The van der Waals surface area contributed by atoms with Gasteiger partial charge in [-0.2, -0.15) is 0 Å². The highest BCUT2D eigenvalue weighted by Crippen LogP contribution is 2.23. The van der Waals surface area contributed by atoms with E-state index in [1.54, 1.807) is 0 Å². The van der Waals surface area contributed by atoms with Crippen molar-refractivity contribution in [3.05, 3.63) is 17.1 Å². The molecule has 0 bridgehead atoms. The van der Waals surface area contributed by atoms with Crippen molar-refractivity contribution in [1.29, 1.82) is 0 Å². The molecule has 0 aromatic carbocycles. The maximum Gasteiger partial charge on any atom is 0.270 e. The molecule has 1 aromatic rings. The number of amides is 1. The third kappa shape index (κ3) is 3.15. The predicted octanol–water partition coefficient (Wildman–Crippen LogP) is 1.16. The van der Waals surface area contributed by atoms with E-state index < -0.39 is 0 Å². The fourth-order valence-corrected chi connectivity index (χ4v) is 2.76. The quantitative estimate of drug-likeness (QED) is 0.870. The van der Waals surface area contributed by atoms with Crippen molar-refractivity contribution in [2.24, 2.45) is 5.92 Å². The summed E-state index contributed by atoms with van der Waals surface area (Å²) in [6.45, 7) is 6.38. The summed E-state index contributed by atoms with van der Waals surface area (Å²) in [4.78, 5) is 21.2. The van der Waals surface area contributed by atoms with E-state index in [9.17, 15) is 4.79 Å². The van der Waals surface area contributed by atoms with E-state index in [4.69, 9.17) is 4.74 Å². The number of nitrogens with zero attached hydrogens (tertiary/aromatic N) is 2. The van der Waals surface area contributed by atoms with Crippen molar-refractivity contribution in [2.45, 2.75) is 39.2 Å². The molecule has 0 saturated carbocycles. The average molecular weight is 290 g/mol. The lowest BCUT2D eigenvalue weighted by molar-refractivity contribution is 0.0940. The summed E-state index contributed by atoms with van der Waals surface area (Å²) in [6, 6.07) is 0.279. The van der Waals surface area contributed by atoms with E-state index in [1.165, 1.54) is 0 Å². The van der Waals surface area contributed by atoms with Gasteiger partial charge in [-0.3, -0.25) is 4.79 Å². The van der Waals surface area contributed by atoms with Gasteiger partial charge in [-0.25, -0.2) is 9.97 Å². The molecule has 6 heteroatoms. The molecule has 2 aliphatic heterocycles. The molecule has 21 heavy (non-hydrogen) atoms. The van der Waals surface area contributed by atoms with Crippen LogP contribution in [0.15, 0.2) is 0 Å². The van der Waals surface area contributed by atoms with Crippen molar-refractivity contribution in [3.8, 4) is 0 Å². The first-order chi connectivity index (χ1) is 10.1. The number of aromatic nitrogens is 2. The molecule has 2 aliphatic rings. The van der Waals surface area contributed by atoms with Gasteiger partial charge in [-0.15, -0.1) is 0 Å². The summed E-state index contributed by atoms with van der Waals surface area (Å²) in [7, 11) is 0. The Balaban J connectivity index is 1.94. The summed E-state index contributed by atoms with van der Waals surface area (Å²) in [6.07, 6.45) is 2.53. The zero-order valence-corrected chi connectivity index (χ0v) is 12.6. The van der Waals surface area contributed by atoms with Crippen LogP contribution in [0.4, 0.5) is 5.82 Å². The van der Waals surface area contributed by atoms with Gasteiger partial charge in [-0.1, -0.05) is 13.8 Å². The van der Waals surface area contributed by atoms with E-state index in [2.05, 4.69) is 34.4 Å². The second-order valence-corrected chi connectivity index (χ2v) is 6.12. The molecular formula is C15H22N4O2. The summed E-state index contributed by atoms with van der Waals surface area (Å²) < 4.78 is 5.40. The molecule has 1 unspecified atom stereocenters. The van der Waals surface area contributed by atoms with Crippen molar-refractivity contribution >= 4 is 11.7 Å². The van der Waals surface area contributed by atoms with Crippen LogP contribution in [-0.4, -0.2) is 41.7 Å². The lowest BCUT2D eigenvalue weighted by Gasteiger charge is -2.22. The monoisotopic (exact) mass is 290 g/mol. The first-order valence-corrected chi connectivity index (χ1v) is 7.65. The van der Waals surface area contributed by atoms with Crippen molar-refractivity contribution in [3.63, 3.8) is 0 Å². The molecule has 114 valence electrons. The van der Waals surface area contributed by atoms with E-state index >= 15 is 0 Å². The number of anilines is 1. The second-order valence-electron chi connectivity index (χ2n) is 6.12. The van der Waals surface area contributed by atoms with Crippen molar-refractivity contribution in [2.75, 3.05) is 25.1 Å². The number of hydrogen-bond acceptors (Lipinski definition) is 5. The largest absolute Gasteiger partial charge is 0.379 e. The highest BCUT2D eigenvalue weighted by Gasteiger charge is 2.26. The molecule has 0 spiro atoms. The summed E-state index contributed by atoms with van der Waals surface area (Å²) in [5.41, 5.74) is 1.48. The van der Waals surface area contributed by atoms with Crippen LogP contribution < -0.4 is 10.6 Å². The van der Waals surface area contributed by atoms with Gasteiger partial charge in [-0.05, 0) is 18.8 Å². The second kappa shape index (κ2) is 5.97. The Morgan fingerprint density at radius 1 is 1.43 bits per heavy atom. The Morgan fingerprint density at radius 2 is 2.29 bits per heavy atom. The van der Waals surface area contributed by atoms with Gasteiger partial charge in [0.15, 0.2) is 0 Å². The predicted molar refractivity (Wildman–Crippen MR) is 79.5 cm³/mol. The van der Waals surface area contributed by atoms with E-state index in [1.807, 2.05) is 0 Å². The molecule has 2 N–H and O–H groups in total. The van der Waals surface area contributed by atoms with Gasteiger partial charge in [0.05, 0.1) is 12.6 Å². The lowest BCUT2D eigenvalue weighted by atomic mass is 10.0. The zero-order chi connectivity index (χ0) is 14.8. The molecule has 1 saturated heterocycles. The van der Waals surface area contributed by atoms with Gasteiger partial charge < -0.3 is 15.4 Å². The Kier molecular flexibility index (Phi) is 4.05. The Labute approximate surface area is 124 Å². The maximum absolute atomic E-state index is 12.1. The highest BCUT2D eigenvalue weighted by atomic mass is 16.5. The van der Waals surface area contributed by atoms with Crippen LogP contribution in [0.1, 0.15) is 42.1 Å². The third-order valence-electron chi connectivity index (χ3n) is 3.79. The number of carbonyl (C=O) groups excluding carboxylic acids is 1. The van der Waals surface area contributed by atoms with Crippen molar-refractivity contribution in [1.82, 2.24) is 15.3 Å². The molecule has 0 aliphatic carbocycles. The minimum Gasteiger partial charge on any atom is -0.379 e. The van der Waals surface area contributed by atoms with Gasteiger partial charge in [0.1, 0.15) is 17.3 Å². The molecule has 3 heterocycles. The third-order valence-corrected chi connectivity index (χ3v) is 3.79. The van der Waals surface area contributed by atoms with Crippen LogP contribution in [0.2, 0.25) is 0 Å². The Bertz CT molecular complexity index is 539. The Morgan fingerprint density at radius 3 is 3.00 bits per heavy atom. The topological polar surface area (TPSA) is 76.1 Å². The van der Waals surface area contributed by atoms with Gasteiger partial charge in [0.25, 0.3) is 5.91 Å². The number of carbonyl (C=O) groups is 1. The van der Waals surface area contributed by atoms with Crippen LogP contribution in [0, 0.1) is 5.92 Å². The van der Waals surface area contributed by atoms with Crippen LogP contribution in [-0.2, 0) is 17.6 Å². The average Bonchev–Trinajstić information content (AvgIpc) is 2.92. The molecule has 6 nitrogen and oxygen atoms in total. The minimum atomic E-state index is -0.0885. The van der Waals surface area contributed by atoms with E-state index in [0.29, 0.717) is 24.8 Å². The molecule has 1 atom stereocenters. The summed E-state index contributed by atoms with van der Waals surface area (Å²) in [5, 5.41) is 6.30. The van der Waals surface area contributed by atoms with E-state index in [0.717, 1.165) is 43.1 Å². The summed E-state index contributed by atoms with van der Waals surface area (Å²) >= 11 is 0. The molecule has 1 fully saturated rings. The fraction of sp³-hybridized carbons (Fsp3) is 0.667. The number of rotatable bonds is 4. The van der Waals surface area contributed by atoms with Crippen LogP contribution in [0.25, 0.3) is 0 Å². The summed E-state index contributed by atoms with van der Waals surface area (Å²) in [5.74, 6) is 1.93. The van der Waals surface area contributed by atoms with Gasteiger partial charge in [0.2, 0.25) is 0 Å². The van der Waals surface area contributed by atoms with Crippen LogP contribution in [0.3, 0.4) is 0 Å². The molecule has 1 amide bonds. The molecule has 3 rings (SSSR count). The van der Waals surface area contributed by atoms with Crippen LogP contribution in [0.5, 0.6) is 0 Å². The highest BCUT2D eigenvalue weighted by molar-refractivity contribution is 5.96.